The average molecular weight is 383 g/mol. The molecule has 1 saturated heterocycles. The van der Waals surface area contributed by atoms with Crippen molar-refractivity contribution in [1.82, 2.24) is 5.32 Å². The number of amides is 1. The lowest BCUT2D eigenvalue weighted by molar-refractivity contribution is -0.920. The maximum atomic E-state index is 12.7. The highest BCUT2D eigenvalue weighted by molar-refractivity contribution is 7.10. The van der Waals surface area contributed by atoms with Crippen LogP contribution in [-0.4, -0.2) is 25.0 Å². The van der Waals surface area contributed by atoms with Gasteiger partial charge in [-0.2, -0.15) is 13.2 Å². The number of halogens is 3. The van der Waals surface area contributed by atoms with E-state index < -0.39 is 11.7 Å². The number of rotatable bonds is 5. The van der Waals surface area contributed by atoms with E-state index in [2.05, 4.69) is 11.4 Å². The van der Waals surface area contributed by atoms with Crippen LogP contribution in [0, 0.1) is 0 Å². The lowest BCUT2D eigenvalue weighted by Crippen LogP contribution is -3.11. The Morgan fingerprint density at radius 2 is 1.81 bits per heavy atom. The summed E-state index contributed by atoms with van der Waals surface area (Å²) in [6.07, 6.45) is -2.04. The first-order valence-electron chi connectivity index (χ1n) is 8.72. The molecule has 2 heterocycles. The van der Waals surface area contributed by atoms with E-state index in [0.29, 0.717) is 0 Å². The molecule has 1 aliphatic rings. The minimum Gasteiger partial charge on any atom is -0.343 e. The second-order valence-electron chi connectivity index (χ2n) is 6.70. The normalized spacial score (nSPS) is 17.8. The SMILES string of the molecule is C[C@H](NC(=O)c1ccc(C(F)(F)F)cc1)[C@H](c1cccs1)[NH+]1CCCC1. The van der Waals surface area contributed by atoms with Crippen molar-refractivity contribution < 1.29 is 22.9 Å². The molecular formula is C19H22F3N2OS+. The zero-order valence-corrected chi connectivity index (χ0v) is 15.3. The number of hydrogen-bond acceptors (Lipinski definition) is 2. The largest absolute Gasteiger partial charge is 0.416 e. The van der Waals surface area contributed by atoms with Crippen LogP contribution in [0.1, 0.15) is 46.6 Å². The van der Waals surface area contributed by atoms with Gasteiger partial charge in [-0.25, -0.2) is 0 Å². The smallest absolute Gasteiger partial charge is 0.343 e. The van der Waals surface area contributed by atoms with Gasteiger partial charge >= 0.3 is 6.18 Å². The first kappa shape index (κ1) is 18.9. The summed E-state index contributed by atoms with van der Waals surface area (Å²) in [6.45, 7) is 4.11. The summed E-state index contributed by atoms with van der Waals surface area (Å²) in [5.41, 5.74) is -0.508. The van der Waals surface area contributed by atoms with E-state index in [1.807, 2.05) is 18.4 Å². The summed E-state index contributed by atoms with van der Waals surface area (Å²) in [5, 5.41) is 5.02. The van der Waals surface area contributed by atoms with Gasteiger partial charge in [-0.05, 0) is 42.6 Å². The molecule has 2 aromatic rings. The Kier molecular flexibility index (Phi) is 5.67. The molecule has 2 N–H and O–H groups in total. The first-order chi connectivity index (χ1) is 12.4. The van der Waals surface area contributed by atoms with Crippen LogP contribution in [0.2, 0.25) is 0 Å². The first-order valence-corrected chi connectivity index (χ1v) is 9.60. The fourth-order valence-electron chi connectivity index (χ4n) is 3.59. The third-order valence-electron chi connectivity index (χ3n) is 4.87. The fraction of sp³-hybridized carbons (Fsp3) is 0.421. The van der Waals surface area contributed by atoms with Crippen LogP contribution in [0.4, 0.5) is 13.2 Å². The van der Waals surface area contributed by atoms with Gasteiger partial charge in [0, 0.05) is 18.4 Å². The van der Waals surface area contributed by atoms with Crippen LogP contribution < -0.4 is 10.2 Å². The number of thiophene rings is 1. The molecule has 0 spiro atoms. The predicted molar refractivity (Wildman–Crippen MR) is 95.4 cm³/mol. The quantitative estimate of drug-likeness (QED) is 0.816. The van der Waals surface area contributed by atoms with Gasteiger partial charge in [0.1, 0.15) is 6.04 Å². The summed E-state index contributed by atoms with van der Waals surface area (Å²) in [5.74, 6) is -0.341. The number of benzene rings is 1. The van der Waals surface area contributed by atoms with Crippen molar-refractivity contribution in [1.29, 1.82) is 0 Å². The van der Waals surface area contributed by atoms with Gasteiger partial charge in [-0.15, -0.1) is 11.3 Å². The fourth-order valence-corrected chi connectivity index (χ4v) is 4.58. The van der Waals surface area contributed by atoms with Gasteiger partial charge in [-0.3, -0.25) is 4.79 Å². The molecule has 0 radical (unpaired) electrons. The highest BCUT2D eigenvalue weighted by atomic mass is 32.1. The van der Waals surface area contributed by atoms with Crippen molar-refractivity contribution in [3.63, 3.8) is 0 Å². The van der Waals surface area contributed by atoms with Crippen molar-refractivity contribution in [3.05, 3.63) is 57.8 Å². The van der Waals surface area contributed by atoms with E-state index in [-0.39, 0.29) is 23.6 Å². The molecule has 0 unspecified atom stereocenters. The molecule has 0 aliphatic carbocycles. The van der Waals surface area contributed by atoms with Gasteiger partial charge in [0.05, 0.1) is 29.6 Å². The van der Waals surface area contributed by atoms with Crippen LogP contribution in [0.3, 0.4) is 0 Å². The van der Waals surface area contributed by atoms with E-state index in [1.165, 1.54) is 34.8 Å². The minimum atomic E-state index is -4.40. The van der Waals surface area contributed by atoms with Crippen LogP contribution in [0.25, 0.3) is 0 Å². The summed E-state index contributed by atoms with van der Waals surface area (Å²) in [4.78, 5) is 15.2. The van der Waals surface area contributed by atoms with Gasteiger partial charge in [-0.1, -0.05) is 6.07 Å². The number of hydrogen-bond donors (Lipinski definition) is 2. The van der Waals surface area contributed by atoms with Gasteiger partial charge in [0.2, 0.25) is 0 Å². The lowest BCUT2D eigenvalue weighted by atomic mass is 10.1. The van der Waals surface area contributed by atoms with E-state index in [1.54, 1.807) is 11.3 Å². The molecule has 1 aromatic heterocycles. The van der Waals surface area contributed by atoms with E-state index >= 15 is 0 Å². The van der Waals surface area contributed by atoms with Crippen LogP contribution in [0.15, 0.2) is 41.8 Å². The summed E-state index contributed by atoms with van der Waals surface area (Å²) in [7, 11) is 0. The number of alkyl halides is 3. The molecule has 2 atom stereocenters. The standard InChI is InChI=1S/C19H21F3N2OS/c1-13(17(16-5-4-12-26-16)24-10-2-3-11-24)23-18(25)14-6-8-15(9-7-14)19(20,21)22/h4-9,12-13,17H,2-3,10-11H2,1H3,(H,23,25)/p+1/t13-,17+/m0/s1. The molecule has 0 saturated carbocycles. The highest BCUT2D eigenvalue weighted by Gasteiger charge is 2.34. The van der Waals surface area contributed by atoms with Crippen molar-refractivity contribution in [2.24, 2.45) is 0 Å². The van der Waals surface area contributed by atoms with Crippen molar-refractivity contribution in [2.45, 2.75) is 38.0 Å². The maximum Gasteiger partial charge on any atom is 0.416 e. The third-order valence-corrected chi connectivity index (χ3v) is 5.82. The second kappa shape index (κ2) is 7.80. The zero-order chi connectivity index (χ0) is 18.7. The Bertz CT molecular complexity index is 722. The van der Waals surface area contributed by atoms with Gasteiger partial charge in [0.25, 0.3) is 5.91 Å². The molecule has 1 fully saturated rings. The molecule has 26 heavy (non-hydrogen) atoms. The van der Waals surface area contributed by atoms with Crippen molar-refractivity contribution >= 4 is 17.2 Å². The zero-order valence-electron chi connectivity index (χ0n) is 14.5. The Morgan fingerprint density at radius 3 is 2.35 bits per heavy atom. The lowest BCUT2D eigenvalue weighted by Gasteiger charge is -2.29. The van der Waals surface area contributed by atoms with Crippen molar-refractivity contribution in [2.75, 3.05) is 13.1 Å². The molecule has 3 nitrogen and oxygen atoms in total. The molecule has 3 rings (SSSR count). The molecule has 7 heteroatoms. The van der Waals surface area contributed by atoms with Gasteiger partial charge < -0.3 is 10.2 Å². The molecular weight excluding hydrogens is 361 g/mol. The number of likely N-dealkylation sites (tertiary alicyclic amines) is 1. The average Bonchev–Trinajstić information content (AvgIpc) is 3.29. The second-order valence-corrected chi connectivity index (χ2v) is 7.67. The monoisotopic (exact) mass is 383 g/mol. The molecule has 1 amide bonds. The van der Waals surface area contributed by atoms with E-state index in [0.717, 1.165) is 25.2 Å². The van der Waals surface area contributed by atoms with Crippen LogP contribution >= 0.6 is 11.3 Å². The summed E-state index contributed by atoms with van der Waals surface area (Å²) < 4.78 is 38.0. The molecule has 1 aromatic carbocycles. The molecule has 0 bridgehead atoms. The maximum absolute atomic E-state index is 12.7. The Hall–Kier alpha value is -1.86. The summed E-state index contributed by atoms with van der Waals surface area (Å²) in [6, 6.07) is 8.49. The van der Waals surface area contributed by atoms with Crippen molar-refractivity contribution in [3.8, 4) is 0 Å². The van der Waals surface area contributed by atoms with Crippen LogP contribution in [0.5, 0.6) is 0 Å². The van der Waals surface area contributed by atoms with Gasteiger partial charge in [0.15, 0.2) is 0 Å². The number of carbonyl (C=O) groups excluding carboxylic acids is 1. The Morgan fingerprint density at radius 1 is 1.15 bits per heavy atom. The Balaban J connectivity index is 1.72. The predicted octanol–water partition coefficient (Wildman–Crippen LogP) is 3.31. The topological polar surface area (TPSA) is 33.5 Å². The van der Waals surface area contributed by atoms with E-state index in [9.17, 15) is 18.0 Å². The molecule has 1 aliphatic heterocycles. The highest BCUT2D eigenvalue weighted by Crippen LogP contribution is 2.29. The minimum absolute atomic E-state index is 0.114. The summed E-state index contributed by atoms with van der Waals surface area (Å²) >= 11 is 1.68. The molecule has 140 valence electrons. The van der Waals surface area contributed by atoms with E-state index in [4.69, 9.17) is 0 Å². The van der Waals surface area contributed by atoms with Crippen LogP contribution in [-0.2, 0) is 6.18 Å². The number of carbonyl (C=O) groups is 1. The number of nitrogens with one attached hydrogen (secondary N) is 2. The Labute approximate surface area is 154 Å². The third kappa shape index (κ3) is 4.27. The number of quaternary nitrogens is 1.